The number of hydrogen-bond donors (Lipinski definition) is 1. The van der Waals surface area contributed by atoms with E-state index in [2.05, 4.69) is 20.4 Å². The number of carbonyl (C=O) groups is 2. The fourth-order valence-corrected chi connectivity index (χ4v) is 4.53. The molecule has 8 nitrogen and oxygen atoms in total. The minimum Gasteiger partial charge on any atom is -0.422 e. The Morgan fingerprint density at radius 1 is 1.12 bits per heavy atom. The Morgan fingerprint density at radius 3 is 2.59 bits per heavy atom. The van der Waals surface area contributed by atoms with Crippen LogP contribution in [0.1, 0.15) is 34.5 Å². The summed E-state index contributed by atoms with van der Waals surface area (Å²) in [5.41, 5.74) is 0.557. The molecule has 0 unspecified atom stereocenters. The van der Waals surface area contributed by atoms with E-state index >= 15 is 0 Å². The van der Waals surface area contributed by atoms with Crippen molar-refractivity contribution in [1.29, 1.82) is 5.26 Å². The average molecular weight is 466 g/mol. The van der Waals surface area contributed by atoms with Gasteiger partial charge in [-0.2, -0.15) is 5.26 Å². The third kappa shape index (κ3) is 5.38. The lowest BCUT2D eigenvalue weighted by atomic mass is 10.1. The average Bonchev–Trinajstić information content (AvgIpc) is 3.52. The Kier molecular flexibility index (Phi) is 6.89. The molecule has 1 aliphatic rings. The molecule has 10 heteroatoms. The fraction of sp³-hybridized carbons (Fsp3) is 0.227. The summed E-state index contributed by atoms with van der Waals surface area (Å²) >= 11 is 2.60. The van der Waals surface area contributed by atoms with E-state index < -0.39 is 11.9 Å². The molecule has 1 N–H and O–H groups in total. The maximum Gasteiger partial charge on any atom is 0.353 e. The van der Waals surface area contributed by atoms with Crippen LogP contribution in [0.25, 0.3) is 6.08 Å². The van der Waals surface area contributed by atoms with Crippen LogP contribution < -0.4 is 15.0 Å². The highest BCUT2D eigenvalue weighted by Crippen LogP contribution is 2.27. The molecule has 0 atom stereocenters. The van der Waals surface area contributed by atoms with Gasteiger partial charge in [-0.3, -0.25) is 10.1 Å². The molecule has 0 spiro atoms. The van der Waals surface area contributed by atoms with Crippen LogP contribution in [-0.4, -0.2) is 35.2 Å². The van der Waals surface area contributed by atoms with Crippen molar-refractivity contribution in [1.82, 2.24) is 10.2 Å². The van der Waals surface area contributed by atoms with Crippen LogP contribution in [0.2, 0.25) is 0 Å². The summed E-state index contributed by atoms with van der Waals surface area (Å²) in [5, 5.41) is 23.2. The molecule has 1 fully saturated rings. The van der Waals surface area contributed by atoms with Crippen LogP contribution in [0.4, 0.5) is 10.3 Å². The molecule has 1 aliphatic heterocycles. The highest BCUT2D eigenvalue weighted by Gasteiger charge is 2.18. The molecule has 32 heavy (non-hydrogen) atoms. The van der Waals surface area contributed by atoms with Crippen LogP contribution in [-0.2, 0) is 4.79 Å². The first kappa shape index (κ1) is 21.7. The van der Waals surface area contributed by atoms with Crippen molar-refractivity contribution in [2.45, 2.75) is 19.3 Å². The largest absolute Gasteiger partial charge is 0.422 e. The standard InChI is InChI=1S/C22H19N5O3S2/c23-14-16(19(28)24-21-25-26-22(32-21)27-10-2-1-3-11-27)13-15-6-8-17(9-7-15)30-20(29)18-5-4-12-31-18/h4-9,12-13H,1-3,10-11H2,(H,24,25,28)/b16-13-. The molecule has 0 saturated carbocycles. The number of hydrogen-bond acceptors (Lipinski definition) is 9. The van der Waals surface area contributed by atoms with Gasteiger partial charge < -0.3 is 9.64 Å². The van der Waals surface area contributed by atoms with Gasteiger partial charge in [0.25, 0.3) is 5.91 Å². The zero-order valence-corrected chi connectivity index (χ0v) is 18.6. The van der Waals surface area contributed by atoms with E-state index in [-0.39, 0.29) is 5.57 Å². The summed E-state index contributed by atoms with van der Waals surface area (Å²) in [6.07, 6.45) is 4.92. The Balaban J connectivity index is 1.39. The third-order valence-corrected chi connectivity index (χ3v) is 6.50. The summed E-state index contributed by atoms with van der Waals surface area (Å²) in [7, 11) is 0. The summed E-state index contributed by atoms with van der Waals surface area (Å²) < 4.78 is 5.31. The van der Waals surface area contributed by atoms with Crippen LogP contribution >= 0.6 is 22.7 Å². The lowest BCUT2D eigenvalue weighted by Crippen LogP contribution is -2.29. The number of nitriles is 1. The number of thiophene rings is 1. The number of nitrogens with zero attached hydrogens (tertiary/aromatic N) is 4. The van der Waals surface area contributed by atoms with Gasteiger partial charge in [-0.1, -0.05) is 29.5 Å². The van der Waals surface area contributed by atoms with E-state index in [0.29, 0.717) is 21.3 Å². The number of nitrogens with one attached hydrogen (secondary N) is 1. The molecule has 2 aromatic heterocycles. The number of ether oxygens (including phenoxy) is 1. The van der Waals surface area contributed by atoms with Crippen LogP contribution in [0.15, 0.2) is 47.4 Å². The lowest BCUT2D eigenvalue weighted by molar-refractivity contribution is -0.112. The van der Waals surface area contributed by atoms with E-state index in [1.54, 1.807) is 41.8 Å². The molecule has 3 aromatic rings. The Hall–Kier alpha value is -3.55. The highest BCUT2D eigenvalue weighted by atomic mass is 32.1. The van der Waals surface area contributed by atoms with E-state index in [1.165, 1.54) is 35.2 Å². The summed E-state index contributed by atoms with van der Waals surface area (Å²) in [5.74, 6) is -0.606. The molecule has 1 aromatic carbocycles. The second kappa shape index (κ2) is 10.2. The molecule has 1 saturated heterocycles. The number of aromatic nitrogens is 2. The van der Waals surface area contributed by atoms with Gasteiger partial charge in [0, 0.05) is 13.1 Å². The van der Waals surface area contributed by atoms with Crippen molar-refractivity contribution < 1.29 is 14.3 Å². The Bertz CT molecular complexity index is 1160. The summed E-state index contributed by atoms with van der Waals surface area (Å²) in [6, 6.07) is 11.9. The van der Waals surface area contributed by atoms with Gasteiger partial charge in [-0.25, -0.2) is 4.79 Å². The van der Waals surface area contributed by atoms with Crippen LogP contribution in [0.5, 0.6) is 5.75 Å². The molecule has 3 heterocycles. The zero-order chi connectivity index (χ0) is 22.3. The second-order valence-electron chi connectivity index (χ2n) is 7.00. The van der Waals surface area contributed by atoms with Crippen molar-refractivity contribution >= 4 is 50.9 Å². The number of carbonyl (C=O) groups excluding carboxylic acids is 2. The molecular weight excluding hydrogens is 446 g/mol. The third-order valence-electron chi connectivity index (χ3n) is 4.75. The molecule has 4 rings (SSSR count). The van der Waals surface area contributed by atoms with Crippen molar-refractivity contribution in [2.75, 3.05) is 23.3 Å². The normalized spacial score (nSPS) is 14.0. The van der Waals surface area contributed by atoms with Crippen molar-refractivity contribution in [2.24, 2.45) is 0 Å². The maximum absolute atomic E-state index is 12.5. The predicted molar refractivity (Wildman–Crippen MR) is 124 cm³/mol. The molecular formula is C22H19N5O3S2. The van der Waals surface area contributed by atoms with E-state index in [4.69, 9.17) is 4.74 Å². The van der Waals surface area contributed by atoms with Gasteiger partial charge in [-0.15, -0.1) is 21.5 Å². The Morgan fingerprint density at radius 2 is 1.91 bits per heavy atom. The predicted octanol–water partition coefficient (Wildman–Crippen LogP) is 4.35. The smallest absolute Gasteiger partial charge is 0.353 e. The molecule has 1 amide bonds. The van der Waals surface area contributed by atoms with Crippen molar-refractivity contribution in [3.63, 3.8) is 0 Å². The number of piperidine rings is 1. The van der Waals surface area contributed by atoms with Gasteiger partial charge in [0.05, 0.1) is 0 Å². The van der Waals surface area contributed by atoms with Crippen LogP contribution in [0, 0.1) is 11.3 Å². The van der Waals surface area contributed by atoms with E-state index in [0.717, 1.165) is 31.1 Å². The lowest BCUT2D eigenvalue weighted by Gasteiger charge is -2.25. The topological polar surface area (TPSA) is 108 Å². The van der Waals surface area contributed by atoms with Gasteiger partial charge in [0.1, 0.15) is 22.3 Å². The van der Waals surface area contributed by atoms with E-state index in [1.807, 2.05) is 6.07 Å². The Labute approximate surface area is 192 Å². The molecule has 0 radical (unpaired) electrons. The number of benzene rings is 1. The number of anilines is 2. The minimum atomic E-state index is -0.554. The number of esters is 1. The first-order valence-electron chi connectivity index (χ1n) is 10.00. The fourth-order valence-electron chi connectivity index (χ4n) is 3.14. The van der Waals surface area contributed by atoms with Gasteiger partial charge in [0.2, 0.25) is 10.3 Å². The van der Waals surface area contributed by atoms with Crippen LogP contribution in [0.3, 0.4) is 0 Å². The van der Waals surface area contributed by atoms with Crippen molar-refractivity contribution in [3.8, 4) is 11.8 Å². The van der Waals surface area contributed by atoms with Gasteiger partial charge >= 0.3 is 5.97 Å². The first-order chi connectivity index (χ1) is 15.6. The maximum atomic E-state index is 12.5. The summed E-state index contributed by atoms with van der Waals surface area (Å²) in [6.45, 7) is 1.87. The SMILES string of the molecule is N#C/C(=C/c1ccc(OC(=O)c2cccs2)cc1)C(=O)Nc1nnc(N2CCCCC2)s1. The number of amides is 1. The summed E-state index contributed by atoms with van der Waals surface area (Å²) in [4.78, 5) is 27.2. The number of rotatable bonds is 6. The molecule has 0 bridgehead atoms. The monoisotopic (exact) mass is 465 g/mol. The van der Waals surface area contributed by atoms with Gasteiger partial charge in [-0.05, 0) is 54.5 Å². The second-order valence-corrected chi connectivity index (χ2v) is 8.90. The van der Waals surface area contributed by atoms with Gasteiger partial charge in [0.15, 0.2) is 0 Å². The highest BCUT2D eigenvalue weighted by molar-refractivity contribution is 7.19. The molecule has 0 aliphatic carbocycles. The minimum absolute atomic E-state index is 0.0666. The first-order valence-corrected chi connectivity index (χ1v) is 11.7. The zero-order valence-electron chi connectivity index (χ0n) is 17.0. The molecule has 162 valence electrons. The van der Waals surface area contributed by atoms with Crippen molar-refractivity contribution in [3.05, 3.63) is 57.8 Å². The van der Waals surface area contributed by atoms with E-state index in [9.17, 15) is 14.9 Å². The quantitative estimate of drug-likeness (QED) is 0.249.